The topological polar surface area (TPSA) is 73.1 Å². The standard InChI is InChI=1S/C20H21N5O2/c26-18(15-25-13-5-9-23-25)24-12-4-6-16(14-24)19-20(22-11-10-21-19)27-17-7-2-1-3-8-17/h1-3,5,7-11,13,16H,4,6,12,14-15H2. The molecule has 0 aliphatic carbocycles. The summed E-state index contributed by atoms with van der Waals surface area (Å²) in [7, 11) is 0. The van der Waals surface area contributed by atoms with Crippen molar-refractivity contribution in [3.63, 3.8) is 0 Å². The molecule has 0 radical (unpaired) electrons. The van der Waals surface area contributed by atoms with E-state index in [-0.39, 0.29) is 18.4 Å². The van der Waals surface area contributed by atoms with Crippen LogP contribution in [0.2, 0.25) is 0 Å². The quantitative estimate of drug-likeness (QED) is 0.697. The van der Waals surface area contributed by atoms with E-state index >= 15 is 0 Å². The van der Waals surface area contributed by atoms with E-state index in [1.807, 2.05) is 41.3 Å². The highest BCUT2D eigenvalue weighted by molar-refractivity contribution is 5.76. The smallest absolute Gasteiger partial charge is 0.244 e. The van der Waals surface area contributed by atoms with Crippen LogP contribution in [0.15, 0.2) is 61.2 Å². The van der Waals surface area contributed by atoms with Crippen LogP contribution in [0, 0.1) is 0 Å². The van der Waals surface area contributed by atoms with Crippen molar-refractivity contribution < 1.29 is 9.53 Å². The molecular formula is C20H21N5O2. The van der Waals surface area contributed by atoms with Crippen molar-refractivity contribution in [2.45, 2.75) is 25.3 Å². The lowest BCUT2D eigenvalue weighted by molar-refractivity contribution is -0.133. The zero-order valence-electron chi connectivity index (χ0n) is 14.9. The number of para-hydroxylation sites is 1. The van der Waals surface area contributed by atoms with Crippen LogP contribution in [-0.4, -0.2) is 43.6 Å². The molecule has 1 amide bonds. The van der Waals surface area contributed by atoms with Gasteiger partial charge in [-0.15, -0.1) is 0 Å². The predicted molar refractivity (Wildman–Crippen MR) is 99.3 cm³/mol. The molecule has 7 heteroatoms. The molecule has 2 aromatic heterocycles. The highest BCUT2D eigenvalue weighted by atomic mass is 16.5. The maximum atomic E-state index is 12.6. The normalized spacial score (nSPS) is 16.9. The largest absolute Gasteiger partial charge is 0.437 e. The van der Waals surface area contributed by atoms with Crippen LogP contribution in [-0.2, 0) is 11.3 Å². The summed E-state index contributed by atoms with van der Waals surface area (Å²) in [6.07, 6.45) is 8.67. The number of ether oxygens (including phenoxy) is 1. The van der Waals surface area contributed by atoms with Crippen molar-refractivity contribution in [2.75, 3.05) is 13.1 Å². The van der Waals surface area contributed by atoms with Gasteiger partial charge in [0, 0.05) is 43.8 Å². The van der Waals surface area contributed by atoms with E-state index in [2.05, 4.69) is 15.1 Å². The third kappa shape index (κ3) is 4.13. The number of rotatable bonds is 5. The molecule has 0 spiro atoms. The second-order valence-electron chi connectivity index (χ2n) is 6.54. The number of benzene rings is 1. The third-order valence-electron chi connectivity index (χ3n) is 4.67. The zero-order valence-corrected chi connectivity index (χ0v) is 14.9. The summed E-state index contributed by atoms with van der Waals surface area (Å²) in [6, 6.07) is 11.4. The van der Waals surface area contributed by atoms with E-state index < -0.39 is 0 Å². The van der Waals surface area contributed by atoms with Crippen LogP contribution in [0.4, 0.5) is 0 Å². The molecule has 1 aliphatic rings. The molecule has 1 atom stereocenters. The first-order valence-electron chi connectivity index (χ1n) is 9.08. The van der Waals surface area contributed by atoms with Crippen molar-refractivity contribution in [1.82, 2.24) is 24.6 Å². The summed E-state index contributed by atoms with van der Waals surface area (Å²) < 4.78 is 7.60. The Morgan fingerprint density at radius 2 is 1.96 bits per heavy atom. The fourth-order valence-electron chi connectivity index (χ4n) is 3.35. The maximum Gasteiger partial charge on any atom is 0.244 e. The number of nitrogens with zero attached hydrogens (tertiary/aromatic N) is 5. The van der Waals surface area contributed by atoms with Gasteiger partial charge in [0.05, 0.1) is 0 Å². The highest BCUT2D eigenvalue weighted by Crippen LogP contribution is 2.32. The van der Waals surface area contributed by atoms with Crippen LogP contribution in [0.25, 0.3) is 0 Å². The molecule has 0 bridgehead atoms. The Balaban J connectivity index is 1.49. The average Bonchev–Trinajstić information content (AvgIpc) is 3.22. The minimum absolute atomic E-state index is 0.0674. The van der Waals surface area contributed by atoms with E-state index in [0.29, 0.717) is 12.4 Å². The SMILES string of the molecule is O=C(Cn1cccn1)N1CCCC(c2nccnc2Oc2ccccc2)C1. The van der Waals surface area contributed by atoms with Crippen molar-refractivity contribution in [1.29, 1.82) is 0 Å². The molecule has 1 unspecified atom stereocenters. The molecule has 0 saturated carbocycles. The Bertz CT molecular complexity index is 882. The van der Waals surface area contributed by atoms with Crippen LogP contribution in [0.5, 0.6) is 11.6 Å². The van der Waals surface area contributed by atoms with Gasteiger partial charge in [0.2, 0.25) is 11.8 Å². The number of likely N-dealkylation sites (tertiary alicyclic amines) is 1. The van der Waals surface area contributed by atoms with Gasteiger partial charge in [-0.05, 0) is 31.0 Å². The number of aromatic nitrogens is 4. The number of hydrogen-bond donors (Lipinski definition) is 0. The van der Waals surface area contributed by atoms with E-state index in [9.17, 15) is 4.79 Å². The summed E-state index contributed by atoms with van der Waals surface area (Å²) in [5.74, 6) is 1.40. The van der Waals surface area contributed by atoms with E-state index in [4.69, 9.17) is 4.74 Å². The molecule has 27 heavy (non-hydrogen) atoms. The molecule has 3 aromatic rings. The first-order chi connectivity index (χ1) is 13.3. The molecule has 138 valence electrons. The Hall–Kier alpha value is -3.22. The minimum Gasteiger partial charge on any atom is -0.437 e. The van der Waals surface area contributed by atoms with E-state index in [0.717, 1.165) is 30.8 Å². The van der Waals surface area contributed by atoms with E-state index in [1.165, 1.54) is 0 Å². The summed E-state index contributed by atoms with van der Waals surface area (Å²) in [5, 5.41) is 4.12. The molecular weight excluding hydrogens is 342 g/mol. The highest BCUT2D eigenvalue weighted by Gasteiger charge is 2.28. The van der Waals surface area contributed by atoms with Gasteiger partial charge in [-0.3, -0.25) is 14.5 Å². The number of carbonyl (C=O) groups is 1. The molecule has 7 nitrogen and oxygen atoms in total. The van der Waals surface area contributed by atoms with Gasteiger partial charge in [0.1, 0.15) is 18.0 Å². The molecule has 1 aromatic carbocycles. The molecule has 3 heterocycles. The van der Waals surface area contributed by atoms with Crippen LogP contribution in [0.3, 0.4) is 0 Å². The Kier molecular flexibility index (Phi) is 5.09. The lowest BCUT2D eigenvalue weighted by atomic mass is 9.94. The molecule has 0 N–H and O–H groups in total. The van der Waals surface area contributed by atoms with Crippen LogP contribution >= 0.6 is 0 Å². The fourth-order valence-corrected chi connectivity index (χ4v) is 3.35. The van der Waals surface area contributed by atoms with Crippen molar-refractivity contribution in [3.05, 3.63) is 66.9 Å². The van der Waals surface area contributed by atoms with Gasteiger partial charge < -0.3 is 9.64 Å². The lowest BCUT2D eigenvalue weighted by Gasteiger charge is -2.32. The van der Waals surface area contributed by atoms with Gasteiger partial charge >= 0.3 is 0 Å². The maximum absolute atomic E-state index is 12.6. The average molecular weight is 363 g/mol. The zero-order chi connectivity index (χ0) is 18.5. The summed E-state index contributed by atoms with van der Waals surface area (Å²) in [5.41, 5.74) is 0.804. The van der Waals surface area contributed by atoms with Gasteiger partial charge in [0.15, 0.2) is 0 Å². The van der Waals surface area contributed by atoms with Crippen molar-refractivity contribution in [3.8, 4) is 11.6 Å². The Labute approximate surface area is 157 Å². The van der Waals surface area contributed by atoms with E-state index in [1.54, 1.807) is 29.5 Å². The molecule has 1 fully saturated rings. The third-order valence-corrected chi connectivity index (χ3v) is 4.67. The second kappa shape index (κ2) is 7.99. The summed E-state index contributed by atoms with van der Waals surface area (Å²) in [4.78, 5) is 23.4. The lowest BCUT2D eigenvalue weighted by Crippen LogP contribution is -2.41. The number of amides is 1. The predicted octanol–water partition coefficient (Wildman–Crippen LogP) is 2.87. The molecule has 1 saturated heterocycles. The fraction of sp³-hybridized carbons (Fsp3) is 0.300. The van der Waals surface area contributed by atoms with Gasteiger partial charge in [0.25, 0.3) is 0 Å². The van der Waals surface area contributed by atoms with Gasteiger partial charge in [-0.25, -0.2) is 4.98 Å². The first kappa shape index (κ1) is 17.2. The summed E-state index contributed by atoms with van der Waals surface area (Å²) in [6.45, 7) is 1.63. The van der Waals surface area contributed by atoms with Crippen molar-refractivity contribution in [2.24, 2.45) is 0 Å². The second-order valence-corrected chi connectivity index (χ2v) is 6.54. The van der Waals surface area contributed by atoms with Gasteiger partial charge in [-0.2, -0.15) is 5.10 Å². The number of carbonyl (C=O) groups excluding carboxylic acids is 1. The van der Waals surface area contributed by atoms with Crippen molar-refractivity contribution >= 4 is 5.91 Å². The van der Waals surface area contributed by atoms with Gasteiger partial charge in [-0.1, -0.05) is 18.2 Å². The minimum atomic E-state index is 0.0674. The summed E-state index contributed by atoms with van der Waals surface area (Å²) >= 11 is 0. The molecule has 4 rings (SSSR count). The first-order valence-corrected chi connectivity index (χ1v) is 9.08. The number of hydrogen-bond acceptors (Lipinski definition) is 5. The van der Waals surface area contributed by atoms with Crippen LogP contribution < -0.4 is 4.74 Å². The van der Waals surface area contributed by atoms with Crippen LogP contribution in [0.1, 0.15) is 24.5 Å². The Morgan fingerprint density at radius 3 is 2.78 bits per heavy atom. The Morgan fingerprint density at radius 1 is 1.11 bits per heavy atom. The molecule has 1 aliphatic heterocycles. The monoisotopic (exact) mass is 363 g/mol. The number of piperidine rings is 1.